The van der Waals surface area contributed by atoms with Crippen LogP contribution in [-0.4, -0.2) is 45.6 Å². The summed E-state index contributed by atoms with van der Waals surface area (Å²) in [4.78, 5) is 22.9. The number of rotatable bonds is 6. The molecular weight excluding hydrogens is 368 g/mol. The minimum absolute atomic E-state index is 0.0700. The highest BCUT2D eigenvalue weighted by Gasteiger charge is 2.14. The van der Waals surface area contributed by atoms with Gasteiger partial charge in [-0.15, -0.1) is 0 Å². The maximum Gasteiger partial charge on any atom is 0.338 e. The number of hydrogen-bond donors (Lipinski definition) is 4. The molecule has 0 aromatic heterocycles. The summed E-state index contributed by atoms with van der Waals surface area (Å²) < 4.78 is 9.55. The van der Waals surface area contributed by atoms with E-state index in [0.717, 1.165) is 0 Å². The molecule has 0 saturated carbocycles. The lowest BCUT2D eigenvalue weighted by Crippen LogP contribution is -2.09. The Morgan fingerprint density at radius 2 is 1.11 bits per heavy atom. The Kier molecular flexibility index (Phi) is 9.49. The summed E-state index contributed by atoms with van der Waals surface area (Å²) >= 11 is 0. The lowest BCUT2D eigenvalue weighted by atomic mass is 10.1. The number of carbonyl (C=O) groups is 2. The molecule has 4 N–H and O–H groups in total. The number of carbonyl (C=O) groups excluding carboxylic acids is 2. The molecule has 0 aliphatic carbocycles. The molecule has 0 heterocycles. The number of hydrogen-bond acceptors (Lipinski definition) is 8. The zero-order valence-corrected chi connectivity index (χ0v) is 15.7. The zero-order chi connectivity index (χ0) is 21.1. The lowest BCUT2D eigenvalue weighted by molar-refractivity contribution is 0.0524. The van der Waals surface area contributed by atoms with Crippen molar-refractivity contribution in [3.05, 3.63) is 58.7 Å². The predicted molar refractivity (Wildman–Crippen MR) is 100.0 cm³/mol. The SMILES string of the molecule is CCOC(=O)c1cc(O)cc(C(=O)OCC)c1.OCc1cc(O)cc(CO)c1. The number of phenolic OH excluding ortho intramolecular Hbond substituents is 2. The van der Waals surface area contributed by atoms with Crippen molar-refractivity contribution in [2.24, 2.45) is 0 Å². The van der Waals surface area contributed by atoms with Crippen molar-refractivity contribution in [3.8, 4) is 11.5 Å². The van der Waals surface area contributed by atoms with Gasteiger partial charge in [0.1, 0.15) is 11.5 Å². The minimum atomic E-state index is -0.589. The van der Waals surface area contributed by atoms with Gasteiger partial charge in [-0.2, -0.15) is 0 Å². The molecule has 0 amide bonds. The van der Waals surface area contributed by atoms with Crippen LogP contribution in [0.25, 0.3) is 0 Å². The summed E-state index contributed by atoms with van der Waals surface area (Å²) in [6, 6.07) is 8.36. The van der Waals surface area contributed by atoms with Crippen molar-refractivity contribution in [1.29, 1.82) is 0 Å². The van der Waals surface area contributed by atoms with Crippen LogP contribution in [0.5, 0.6) is 11.5 Å². The Morgan fingerprint density at radius 1 is 0.714 bits per heavy atom. The highest BCUT2D eigenvalue weighted by atomic mass is 16.5. The van der Waals surface area contributed by atoms with Crippen molar-refractivity contribution >= 4 is 11.9 Å². The largest absolute Gasteiger partial charge is 0.508 e. The summed E-state index contributed by atoms with van der Waals surface area (Å²) in [5, 5.41) is 35.8. The van der Waals surface area contributed by atoms with Crippen LogP contribution in [0.4, 0.5) is 0 Å². The van der Waals surface area contributed by atoms with Gasteiger partial charge in [0.05, 0.1) is 37.6 Å². The molecule has 2 aromatic carbocycles. The average molecular weight is 392 g/mol. The first-order chi connectivity index (χ1) is 13.3. The fourth-order valence-corrected chi connectivity index (χ4v) is 2.20. The first kappa shape index (κ1) is 22.9. The molecule has 152 valence electrons. The third-order valence-corrected chi connectivity index (χ3v) is 3.34. The number of aliphatic hydroxyl groups excluding tert-OH is 2. The topological polar surface area (TPSA) is 134 Å². The molecule has 2 aromatic rings. The van der Waals surface area contributed by atoms with Crippen LogP contribution in [0, 0.1) is 0 Å². The predicted octanol–water partition coefficient (Wildman–Crippen LogP) is 2.12. The Morgan fingerprint density at radius 3 is 1.46 bits per heavy atom. The minimum Gasteiger partial charge on any atom is -0.508 e. The molecule has 0 radical (unpaired) electrons. The Balaban J connectivity index is 0.000000307. The number of phenols is 2. The fraction of sp³-hybridized carbons (Fsp3) is 0.300. The van der Waals surface area contributed by atoms with E-state index in [1.165, 1.54) is 30.3 Å². The van der Waals surface area contributed by atoms with Gasteiger partial charge < -0.3 is 29.9 Å². The van der Waals surface area contributed by atoms with Gasteiger partial charge >= 0.3 is 11.9 Å². The summed E-state index contributed by atoms with van der Waals surface area (Å²) in [6.45, 7) is 3.55. The van der Waals surface area contributed by atoms with Crippen molar-refractivity contribution in [3.63, 3.8) is 0 Å². The molecule has 0 bridgehead atoms. The molecule has 0 aliphatic rings. The number of benzene rings is 2. The molecule has 8 nitrogen and oxygen atoms in total. The van der Waals surface area contributed by atoms with Gasteiger partial charge in [-0.05, 0) is 55.3 Å². The molecular formula is C20H24O8. The average Bonchev–Trinajstić information content (AvgIpc) is 2.67. The molecule has 0 saturated heterocycles. The van der Waals surface area contributed by atoms with E-state index < -0.39 is 11.9 Å². The highest BCUT2D eigenvalue weighted by Crippen LogP contribution is 2.18. The van der Waals surface area contributed by atoms with Crippen molar-refractivity contribution in [2.45, 2.75) is 27.1 Å². The lowest BCUT2D eigenvalue weighted by Gasteiger charge is -2.06. The van der Waals surface area contributed by atoms with Crippen LogP contribution in [0.1, 0.15) is 45.7 Å². The first-order valence-electron chi connectivity index (χ1n) is 8.56. The summed E-state index contributed by atoms with van der Waals surface area (Å²) in [5.74, 6) is -1.29. The molecule has 0 fully saturated rings. The van der Waals surface area contributed by atoms with E-state index in [9.17, 15) is 14.7 Å². The Bertz CT molecular complexity index is 742. The quantitative estimate of drug-likeness (QED) is 0.549. The second kappa shape index (κ2) is 11.6. The van der Waals surface area contributed by atoms with Gasteiger partial charge in [0.2, 0.25) is 0 Å². The van der Waals surface area contributed by atoms with Gasteiger partial charge in [-0.25, -0.2) is 9.59 Å². The molecule has 8 heteroatoms. The van der Waals surface area contributed by atoms with E-state index in [4.69, 9.17) is 24.8 Å². The van der Waals surface area contributed by atoms with Crippen molar-refractivity contribution in [2.75, 3.05) is 13.2 Å². The third-order valence-electron chi connectivity index (χ3n) is 3.34. The van der Waals surface area contributed by atoms with Crippen molar-refractivity contribution in [1.82, 2.24) is 0 Å². The molecule has 28 heavy (non-hydrogen) atoms. The van der Waals surface area contributed by atoms with E-state index in [0.29, 0.717) is 11.1 Å². The van der Waals surface area contributed by atoms with Crippen LogP contribution in [-0.2, 0) is 22.7 Å². The van der Waals surface area contributed by atoms with E-state index in [-0.39, 0.29) is 49.1 Å². The monoisotopic (exact) mass is 392 g/mol. The molecule has 2 rings (SSSR count). The normalized spacial score (nSPS) is 9.86. The van der Waals surface area contributed by atoms with Gasteiger partial charge in [0.15, 0.2) is 0 Å². The second-order valence-corrected chi connectivity index (χ2v) is 5.53. The Hall–Kier alpha value is -3.10. The summed E-state index contributed by atoms with van der Waals surface area (Å²) in [6.07, 6.45) is 0. The number of aliphatic hydroxyl groups is 2. The molecule has 0 atom stereocenters. The van der Waals surface area contributed by atoms with Gasteiger partial charge in [-0.1, -0.05) is 6.07 Å². The molecule has 0 aliphatic heterocycles. The van der Waals surface area contributed by atoms with Crippen LogP contribution in [0.15, 0.2) is 36.4 Å². The van der Waals surface area contributed by atoms with Crippen molar-refractivity contribution < 1.29 is 39.5 Å². The van der Waals surface area contributed by atoms with Crippen LogP contribution in [0.3, 0.4) is 0 Å². The maximum atomic E-state index is 11.4. The number of aromatic hydroxyl groups is 2. The van der Waals surface area contributed by atoms with E-state index in [1.807, 2.05) is 0 Å². The summed E-state index contributed by atoms with van der Waals surface area (Å²) in [7, 11) is 0. The number of esters is 2. The maximum absolute atomic E-state index is 11.4. The Labute approximate surface area is 162 Å². The third kappa shape index (κ3) is 7.26. The standard InChI is InChI=1S/C12H14O5.C8H10O3/c1-3-16-11(14)8-5-9(7-10(13)6-8)12(15)17-4-2;9-4-6-1-7(5-10)3-8(11)2-6/h5-7,13H,3-4H2,1-2H3;1-3,9-11H,4-5H2. The first-order valence-corrected chi connectivity index (χ1v) is 8.56. The zero-order valence-electron chi connectivity index (χ0n) is 15.7. The van der Waals surface area contributed by atoms with Crippen LogP contribution in [0.2, 0.25) is 0 Å². The van der Waals surface area contributed by atoms with E-state index >= 15 is 0 Å². The van der Waals surface area contributed by atoms with Crippen LogP contribution < -0.4 is 0 Å². The summed E-state index contributed by atoms with van der Waals surface area (Å²) in [5.41, 5.74) is 1.45. The van der Waals surface area contributed by atoms with Gasteiger partial charge in [-0.3, -0.25) is 0 Å². The van der Waals surface area contributed by atoms with E-state index in [2.05, 4.69) is 0 Å². The highest BCUT2D eigenvalue weighted by molar-refractivity contribution is 5.96. The molecule has 0 unspecified atom stereocenters. The van der Waals surface area contributed by atoms with Gasteiger partial charge in [0, 0.05) is 0 Å². The smallest absolute Gasteiger partial charge is 0.338 e. The van der Waals surface area contributed by atoms with E-state index in [1.54, 1.807) is 19.9 Å². The van der Waals surface area contributed by atoms with Gasteiger partial charge in [0.25, 0.3) is 0 Å². The fourth-order valence-electron chi connectivity index (χ4n) is 2.20. The second-order valence-electron chi connectivity index (χ2n) is 5.53. The number of ether oxygens (including phenoxy) is 2. The van der Waals surface area contributed by atoms with Crippen LogP contribution >= 0.6 is 0 Å². The molecule has 0 spiro atoms.